The molecule has 1 aromatic rings. The Hall–Kier alpha value is -2.05. The molecule has 0 aliphatic carbocycles. The van der Waals surface area contributed by atoms with Crippen LogP contribution >= 0.6 is 0 Å². The molecular weight excluding hydrogens is 224 g/mol. The lowest BCUT2D eigenvalue weighted by molar-refractivity contribution is -0.127. The van der Waals surface area contributed by atoms with E-state index in [1.165, 1.54) is 13.4 Å². The van der Waals surface area contributed by atoms with Crippen molar-refractivity contribution in [1.82, 2.24) is 14.9 Å². The number of H-pyrrole nitrogens is 1. The van der Waals surface area contributed by atoms with Crippen molar-refractivity contribution in [3.05, 3.63) is 16.7 Å². The van der Waals surface area contributed by atoms with E-state index in [1.54, 1.807) is 11.9 Å². The summed E-state index contributed by atoms with van der Waals surface area (Å²) in [5, 5.41) is 2.77. The number of nitrogens with zero attached hydrogens (tertiary/aromatic N) is 2. The highest BCUT2D eigenvalue weighted by molar-refractivity contribution is 5.80. The molecule has 2 N–H and O–H groups in total. The van der Waals surface area contributed by atoms with E-state index in [9.17, 15) is 9.59 Å². The number of rotatable bonds is 5. The quantitative estimate of drug-likeness (QED) is 0.735. The van der Waals surface area contributed by atoms with Crippen LogP contribution in [0.4, 0.5) is 5.82 Å². The molecule has 0 aliphatic heterocycles. The summed E-state index contributed by atoms with van der Waals surface area (Å²) in [6.45, 7) is 2.57. The van der Waals surface area contributed by atoms with Crippen LogP contribution < -0.4 is 15.6 Å². The molecular formula is C10H16N4O3. The van der Waals surface area contributed by atoms with Gasteiger partial charge in [-0.3, -0.25) is 9.59 Å². The molecule has 7 nitrogen and oxygen atoms in total. The second-order valence-electron chi connectivity index (χ2n) is 3.37. The van der Waals surface area contributed by atoms with Gasteiger partial charge in [0.05, 0.1) is 20.0 Å². The van der Waals surface area contributed by atoms with Crippen LogP contribution in [0.5, 0.6) is 5.75 Å². The second-order valence-corrected chi connectivity index (χ2v) is 3.37. The number of carbonyl (C=O) groups is 1. The number of aromatic amines is 1. The van der Waals surface area contributed by atoms with Crippen molar-refractivity contribution < 1.29 is 9.53 Å². The van der Waals surface area contributed by atoms with Gasteiger partial charge in [-0.05, 0) is 6.92 Å². The summed E-state index contributed by atoms with van der Waals surface area (Å²) >= 11 is 0. The zero-order chi connectivity index (χ0) is 12.8. The number of carbonyl (C=O) groups excluding carboxylic acids is 1. The molecule has 94 valence electrons. The molecule has 0 saturated carbocycles. The number of hydrogen-bond acceptors (Lipinski definition) is 5. The smallest absolute Gasteiger partial charge is 0.295 e. The Morgan fingerprint density at radius 3 is 2.94 bits per heavy atom. The van der Waals surface area contributed by atoms with Gasteiger partial charge in [-0.2, -0.15) is 0 Å². The number of anilines is 1. The van der Waals surface area contributed by atoms with Crippen LogP contribution in [-0.2, 0) is 4.79 Å². The third kappa shape index (κ3) is 3.20. The van der Waals surface area contributed by atoms with Crippen LogP contribution in [0.3, 0.4) is 0 Å². The molecule has 0 unspecified atom stereocenters. The average molecular weight is 240 g/mol. The lowest BCUT2D eigenvalue weighted by Crippen LogP contribution is -2.32. The van der Waals surface area contributed by atoms with Gasteiger partial charge < -0.3 is 19.9 Å². The molecule has 1 aromatic heterocycles. The molecule has 1 rings (SSSR count). The van der Waals surface area contributed by atoms with Crippen LogP contribution in [0.1, 0.15) is 6.92 Å². The first-order chi connectivity index (χ1) is 8.10. The Labute approximate surface area is 98.8 Å². The predicted octanol–water partition coefficient (Wildman–Crippen LogP) is -0.331. The Bertz CT molecular complexity index is 443. The van der Waals surface area contributed by atoms with Gasteiger partial charge in [0.2, 0.25) is 11.7 Å². The maximum atomic E-state index is 11.5. The molecule has 1 amide bonds. The fourth-order valence-electron chi connectivity index (χ4n) is 1.17. The second kappa shape index (κ2) is 5.88. The molecule has 0 fully saturated rings. The Morgan fingerprint density at radius 2 is 2.35 bits per heavy atom. The summed E-state index contributed by atoms with van der Waals surface area (Å²) in [5.41, 5.74) is -0.388. The van der Waals surface area contributed by atoms with Crippen LogP contribution in [0, 0.1) is 0 Å². The maximum absolute atomic E-state index is 11.5. The van der Waals surface area contributed by atoms with Crippen molar-refractivity contribution in [2.45, 2.75) is 6.92 Å². The van der Waals surface area contributed by atoms with E-state index in [2.05, 4.69) is 15.3 Å². The number of aromatic nitrogens is 2. The molecule has 17 heavy (non-hydrogen) atoms. The summed E-state index contributed by atoms with van der Waals surface area (Å²) in [6, 6.07) is 0. The molecule has 0 bridgehead atoms. The largest absolute Gasteiger partial charge is 0.489 e. The first-order valence-corrected chi connectivity index (χ1v) is 5.19. The Balaban J connectivity index is 2.73. The molecule has 7 heteroatoms. The van der Waals surface area contributed by atoms with Gasteiger partial charge in [0.15, 0.2) is 5.82 Å². The van der Waals surface area contributed by atoms with E-state index in [-0.39, 0.29) is 29.6 Å². The SMILES string of the molecule is CCN(C)C(=O)CNc1nc[nH]c(=O)c1OC. The minimum atomic E-state index is -0.388. The van der Waals surface area contributed by atoms with Gasteiger partial charge in [-0.25, -0.2) is 4.98 Å². The highest BCUT2D eigenvalue weighted by atomic mass is 16.5. The minimum absolute atomic E-state index is 0.0666. The first-order valence-electron chi connectivity index (χ1n) is 5.19. The molecule has 0 spiro atoms. The summed E-state index contributed by atoms with van der Waals surface area (Å²) in [5.74, 6) is 0.241. The van der Waals surface area contributed by atoms with E-state index in [4.69, 9.17) is 4.74 Å². The minimum Gasteiger partial charge on any atom is -0.489 e. The van der Waals surface area contributed by atoms with Crippen LogP contribution in [0.2, 0.25) is 0 Å². The highest BCUT2D eigenvalue weighted by Crippen LogP contribution is 2.13. The van der Waals surface area contributed by atoms with Gasteiger partial charge in [0.1, 0.15) is 0 Å². The highest BCUT2D eigenvalue weighted by Gasteiger charge is 2.11. The maximum Gasteiger partial charge on any atom is 0.295 e. The lowest BCUT2D eigenvalue weighted by Gasteiger charge is -2.15. The summed E-state index contributed by atoms with van der Waals surface area (Å²) in [7, 11) is 3.07. The van der Waals surface area contributed by atoms with Crippen molar-refractivity contribution in [1.29, 1.82) is 0 Å². The Morgan fingerprint density at radius 1 is 1.65 bits per heavy atom. The van der Waals surface area contributed by atoms with E-state index < -0.39 is 0 Å². The molecule has 1 heterocycles. The zero-order valence-corrected chi connectivity index (χ0v) is 10.1. The van der Waals surface area contributed by atoms with Gasteiger partial charge >= 0.3 is 0 Å². The topological polar surface area (TPSA) is 87.3 Å². The van der Waals surface area contributed by atoms with Gasteiger partial charge in [0.25, 0.3) is 5.56 Å². The predicted molar refractivity (Wildman–Crippen MR) is 63.2 cm³/mol. The third-order valence-electron chi connectivity index (χ3n) is 2.32. The van der Waals surface area contributed by atoms with Crippen LogP contribution in [-0.4, -0.2) is 48.0 Å². The lowest BCUT2D eigenvalue weighted by atomic mass is 10.4. The van der Waals surface area contributed by atoms with Crippen LogP contribution in [0.15, 0.2) is 11.1 Å². The third-order valence-corrected chi connectivity index (χ3v) is 2.32. The number of ether oxygens (including phenoxy) is 1. The summed E-state index contributed by atoms with van der Waals surface area (Å²) in [4.78, 5) is 30.7. The molecule has 0 atom stereocenters. The summed E-state index contributed by atoms with van der Waals surface area (Å²) in [6.07, 6.45) is 1.25. The number of nitrogens with one attached hydrogen (secondary N) is 2. The standard InChI is InChI=1S/C10H16N4O3/c1-4-14(2)7(15)5-11-9-8(17-3)10(16)13-6-12-9/h6H,4-5H2,1-3H3,(H2,11,12,13,16). The average Bonchev–Trinajstić information content (AvgIpc) is 2.34. The van der Waals surface area contributed by atoms with Crippen molar-refractivity contribution in [3.8, 4) is 5.75 Å². The molecule has 0 aromatic carbocycles. The first kappa shape index (κ1) is 13.0. The van der Waals surface area contributed by atoms with E-state index in [0.717, 1.165) is 0 Å². The van der Waals surface area contributed by atoms with Crippen molar-refractivity contribution in [3.63, 3.8) is 0 Å². The van der Waals surface area contributed by atoms with Crippen molar-refractivity contribution in [2.24, 2.45) is 0 Å². The molecule has 0 aliphatic rings. The fraction of sp³-hybridized carbons (Fsp3) is 0.500. The van der Waals surface area contributed by atoms with Gasteiger partial charge in [-0.15, -0.1) is 0 Å². The summed E-state index contributed by atoms with van der Waals surface area (Å²) < 4.78 is 4.90. The number of amides is 1. The Kier molecular flexibility index (Phi) is 4.50. The molecule has 0 radical (unpaired) electrons. The monoisotopic (exact) mass is 240 g/mol. The fourth-order valence-corrected chi connectivity index (χ4v) is 1.17. The number of likely N-dealkylation sites (N-methyl/N-ethyl adjacent to an activating group) is 1. The molecule has 0 saturated heterocycles. The number of methoxy groups -OCH3 is 1. The van der Waals surface area contributed by atoms with Crippen molar-refractivity contribution >= 4 is 11.7 Å². The van der Waals surface area contributed by atoms with E-state index in [0.29, 0.717) is 6.54 Å². The normalized spacial score (nSPS) is 9.82. The van der Waals surface area contributed by atoms with Crippen LogP contribution in [0.25, 0.3) is 0 Å². The zero-order valence-electron chi connectivity index (χ0n) is 10.1. The van der Waals surface area contributed by atoms with Crippen molar-refractivity contribution in [2.75, 3.05) is 32.6 Å². The van der Waals surface area contributed by atoms with Gasteiger partial charge in [-0.1, -0.05) is 0 Å². The number of hydrogen-bond donors (Lipinski definition) is 2. The van der Waals surface area contributed by atoms with Gasteiger partial charge in [0, 0.05) is 13.6 Å². The van der Waals surface area contributed by atoms with E-state index >= 15 is 0 Å². The van der Waals surface area contributed by atoms with E-state index in [1.807, 2.05) is 6.92 Å².